The molecule has 0 aromatic heterocycles. The molecule has 0 bridgehead atoms. The second-order valence-corrected chi connectivity index (χ2v) is 1.78. The van der Waals surface area contributed by atoms with Gasteiger partial charge in [0.05, 0.1) is 0 Å². The lowest BCUT2D eigenvalue weighted by Gasteiger charge is -1.86. The number of aldehydes is 1. The molecule has 10 heavy (non-hydrogen) atoms. The van der Waals surface area contributed by atoms with E-state index < -0.39 is 0 Å². The average molecular weight is 136 g/mol. The van der Waals surface area contributed by atoms with Gasteiger partial charge in [0.2, 0.25) is 0 Å². The summed E-state index contributed by atoms with van der Waals surface area (Å²) in [6, 6.07) is 0. The van der Waals surface area contributed by atoms with Crippen molar-refractivity contribution in [1.29, 1.82) is 0 Å². The number of hydrogen-bond acceptors (Lipinski definition) is 1. The van der Waals surface area contributed by atoms with E-state index in [0.717, 1.165) is 11.9 Å². The Morgan fingerprint density at radius 2 is 1.90 bits per heavy atom. The maximum atomic E-state index is 9.89. The Kier molecular flexibility index (Phi) is 5.35. The van der Waals surface area contributed by atoms with Crippen molar-refractivity contribution in [2.75, 3.05) is 0 Å². The third-order valence-corrected chi connectivity index (χ3v) is 1.06. The van der Waals surface area contributed by atoms with Crippen molar-refractivity contribution in [1.82, 2.24) is 0 Å². The summed E-state index contributed by atoms with van der Waals surface area (Å²) in [4.78, 5) is 9.89. The summed E-state index contributed by atoms with van der Waals surface area (Å²) in [6.45, 7) is 3.88. The lowest BCUT2D eigenvalue weighted by atomic mass is 10.2. The molecule has 0 saturated carbocycles. The molecule has 0 aliphatic rings. The Bertz CT molecular complexity index is 173. The van der Waals surface area contributed by atoms with Gasteiger partial charge in [0, 0.05) is 0 Å². The van der Waals surface area contributed by atoms with Crippen molar-refractivity contribution in [2.24, 2.45) is 0 Å². The lowest BCUT2D eigenvalue weighted by molar-refractivity contribution is -0.104. The summed E-state index contributed by atoms with van der Waals surface area (Å²) in [7, 11) is 0. The van der Waals surface area contributed by atoms with Crippen LogP contribution in [-0.4, -0.2) is 6.29 Å². The molecular weight excluding hydrogens is 124 g/mol. The third-order valence-electron chi connectivity index (χ3n) is 1.06. The first kappa shape index (κ1) is 8.89. The highest BCUT2D eigenvalue weighted by molar-refractivity contribution is 5.66. The van der Waals surface area contributed by atoms with Gasteiger partial charge in [-0.25, -0.2) is 0 Å². The highest BCUT2D eigenvalue weighted by Gasteiger charge is 1.78. The average Bonchev–Trinajstić information content (AvgIpc) is 1.98. The molecule has 0 spiro atoms. The van der Waals surface area contributed by atoms with Crippen LogP contribution < -0.4 is 0 Å². The van der Waals surface area contributed by atoms with Crippen LogP contribution in [0.3, 0.4) is 0 Å². The second-order valence-electron chi connectivity index (χ2n) is 1.78. The van der Waals surface area contributed by atoms with Gasteiger partial charge in [-0.2, -0.15) is 0 Å². The van der Waals surface area contributed by atoms with E-state index >= 15 is 0 Å². The zero-order chi connectivity index (χ0) is 7.82. The van der Waals surface area contributed by atoms with E-state index in [2.05, 4.69) is 0 Å². The third kappa shape index (κ3) is 3.84. The molecule has 0 radical (unpaired) electrons. The maximum Gasteiger partial charge on any atom is 0.142 e. The first-order chi connectivity index (χ1) is 4.85. The quantitative estimate of drug-likeness (QED) is 0.330. The van der Waals surface area contributed by atoms with Crippen LogP contribution in [0.5, 0.6) is 0 Å². The molecule has 0 unspecified atom stereocenters. The van der Waals surface area contributed by atoms with Gasteiger partial charge in [-0.15, -0.1) is 0 Å². The van der Waals surface area contributed by atoms with Gasteiger partial charge in [0.1, 0.15) is 6.29 Å². The highest BCUT2D eigenvalue weighted by Crippen LogP contribution is 1.97. The Morgan fingerprint density at radius 3 is 2.30 bits per heavy atom. The van der Waals surface area contributed by atoms with Crippen molar-refractivity contribution < 1.29 is 4.79 Å². The summed E-state index contributed by atoms with van der Waals surface area (Å²) in [5.74, 6) is 0. The first-order valence-electron chi connectivity index (χ1n) is 3.26. The Balaban J connectivity index is 4.10. The van der Waals surface area contributed by atoms with Gasteiger partial charge in [0.15, 0.2) is 0 Å². The molecule has 54 valence electrons. The lowest BCUT2D eigenvalue weighted by Crippen LogP contribution is -1.69. The number of rotatable bonds is 3. The van der Waals surface area contributed by atoms with E-state index in [1.165, 1.54) is 6.08 Å². The predicted octanol–water partition coefficient (Wildman–Crippen LogP) is 2.26. The fourth-order valence-electron chi connectivity index (χ4n) is 0.591. The summed E-state index contributed by atoms with van der Waals surface area (Å²) < 4.78 is 0. The molecule has 0 fully saturated rings. The van der Waals surface area contributed by atoms with Crippen LogP contribution in [0.1, 0.15) is 13.8 Å². The van der Waals surface area contributed by atoms with E-state index in [0.29, 0.717) is 0 Å². The molecule has 0 saturated heterocycles. The van der Waals surface area contributed by atoms with Crippen molar-refractivity contribution >= 4 is 6.29 Å². The molecule has 0 atom stereocenters. The minimum atomic E-state index is 0.771. The van der Waals surface area contributed by atoms with Crippen LogP contribution >= 0.6 is 0 Å². The minimum absolute atomic E-state index is 0.771. The maximum absolute atomic E-state index is 9.89. The molecule has 0 N–H and O–H groups in total. The summed E-state index contributed by atoms with van der Waals surface area (Å²) in [5, 5.41) is 0. The Hall–Kier alpha value is -1.11. The second kappa shape index (κ2) is 6.02. The molecule has 0 rings (SSSR count). The van der Waals surface area contributed by atoms with Crippen molar-refractivity contribution in [3.63, 3.8) is 0 Å². The van der Waals surface area contributed by atoms with E-state index in [9.17, 15) is 4.79 Å². The van der Waals surface area contributed by atoms with Gasteiger partial charge in [-0.1, -0.05) is 24.3 Å². The van der Waals surface area contributed by atoms with Crippen molar-refractivity contribution in [2.45, 2.75) is 13.8 Å². The van der Waals surface area contributed by atoms with Crippen LogP contribution in [-0.2, 0) is 4.79 Å². The Morgan fingerprint density at radius 1 is 1.20 bits per heavy atom. The molecule has 0 amide bonds. The molecule has 0 heterocycles. The molecular formula is C9H12O. The van der Waals surface area contributed by atoms with Gasteiger partial charge in [-0.05, 0) is 25.5 Å². The normalized spacial score (nSPS) is 13.2. The topological polar surface area (TPSA) is 17.1 Å². The number of allylic oxidation sites excluding steroid dienone is 6. The fraction of sp³-hybridized carbons (Fsp3) is 0.222. The van der Waals surface area contributed by atoms with Gasteiger partial charge >= 0.3 is 0 Å². The molecule has 1 nitrogen and oxygen atoms in total. The van der Waals surface area contributed by atoms with E-state index in [1.54, 1.807) is 6.08 Å². The summed E-state index contributed by atoms with van der Waals surface area (Å²) in [6.07, 6.45) is 9.85. The molecule has 1 heteroatoms. The first-order valence-corrected chi connectivity index (χ1v) is 3.26. The monoisotopic (exact) mass is 136 g/mol. The molecule has 0 aromatic carbocycles. The largest absolute Gasteiger partial charge is 0.299 e. The highest BCUT2D eigenvalue weighted by atomic mass is 16.1. The zero-order valence-electron chi connectivity index (χ0n) is 6.37. The van der Waals surface area contributed by atoms with Gasteiger partial charge < -0.3 is 0 Å². The van der Waals surface area contributed by atoms with E-state index in [4.69, 9.17) is 0 Å². The minimum Gasteiger partial charge on any atom is -0.299 e. The summed E-state index contributed by atoms with van der Waals surface area (Å²) >= 11 is 0. The number of carbonyl (C=O) groups is 1. The SMILES string of the molecule is CC=CC(C=CC=O)=CC. The van der Waals surface area contributed by atoms with E-state index in [1.807, 2.05) is 32.1 Å². The van der Waals surface area contributed by atoms with E-state index in [-0.39, 0.29) is 0 Å². The standard InChI is InChI=1S/C9H12O/c1-3-6-9(4-2)7-5-8-10/h3-8H,1-2H3. The van der Waals surface area contributed by atoms with Crippen LogP contribution in [0.2, 0.25) is 0 Å². The van der Waals surface area contributed by atoms with Gasteiger partial charge in [0.25, 0.3) is 0 Å². The van der Waals surface area contributed by atoms with Crippen LogP contribution in [0.25, 0.3) is 0 Å². The van der Waals surface area contributed by atoms with Crippen LogP contribution in [0.15, 0.2) is 36.0 Å². The summed E-state index contributed by atoms with van der Waals surface area (Å²) in [5.41, 5.74) is 1.05. The van der Waals surface area contributed by atoms with Crippen molar-refractivity contribution in [3.05, 3.63) is 36.0 Å². The number of carbonyl (C=O) groups excluding carboxylic acids is 1. The fourth-order valence-corrected chi connectivity index (χ4v) is 0.591. The molecule has 0 aromatic rings. The Labute approximate surface area is 61.8 Å². The van der Waals surface area contributed by atoms with Crippen LogP contribution in [0, 0.1) is 0 Å². The van der Waals surface area contributed by atoms with Crippen molar-refractivity contribution in [3.8, 4) is 0 Å². The molecule has 0 aliphatic heterocycles. The van der Waals surface area contributed by atoms with Gasteiger partial charge in [-0.3, -0.25) is 4.79 Å². The number of hydrogen-bond donors (Lipinski definition) is 0. The smallest absolute Gasteiger partial charge is 0.142 e. The molecule has 0 aliphatic carbocycles. The van der Waals surface area contributed by atoms with Crippen LogP contribution in [0.4, 0.5) is 0 Å². The zero-order valence-corrected chi connectivity index (χ0v) is 6.37. The predicted molar refractivity (Wildman–Crippen MR) is 43.8 cm³/mol.